The van der Waals surface area contributed by atoms with Gasteiger partial charge >= 0.3 is 0 Å². The van der Waals surface area contributed by atoms with E-state index in [2.05, 4.69) is 9.97 Å². The largest absolute Gasteiger partial charge is 0.473 e. The minimum atomic E-state index is -3.33. The van der Waals surface area contributed by atoms with Gasteiger partial charge < -0.3 is 14.4 Å². The first-order chi connectivity index (χ1) is 17.4. The zero-order chi connectivity index (χ0) is 25.1. The lowest BCUT2D eigenvalue weighted by molar-refractivity contribution is -0.0257. The topological polar surface area (TPSA) is 97.8 Å². The molecule has 2 aliphatic rings. The molecule has 1 unspecified atom stereocenters. The summed E-state index contributed by atoms with van der Waals surface area (Å²) in [6.45, 7) is 1.21. The van der Waals surface area contributed by atoms with Crippen LogP contribution in [0.1, 0.15) is 32.1 Å². The third-order valence-corrected chi connectivity index (χ3v) is 9.31. The minimum Gasteiger partial charge on any atom is -0.473 e. The molecular formula is C26H33N5O4S. The SMILES string of the molecule is CN(C)c1ccc(-c2cc3nccnc3c(OCC3CN(S(=O)(=O)C4CCCCC4)CCO3)n2)cc1. The third-order valence-electron chi connectivity index (χ3n) is 6.94. The van der Waals surface area contributed by atoms with Gasteiger partial charge in [-0.2, -0.15) is 4.31 Å². The van der Waals surface area contributed by atoms with Crippen LogP contribution in [0.25, 0.3) is 22.3 Å². The molecule has 2 aromatic heterocycles. The van der Waals surface area contributed by atoms with Crippen LogP contribution < -0.4 is 9.64 Å². The minimum absolute atomic E-state index is 0.179. The highest BCUT2D eigenvalue weighted by molar-refractivity contribution is 7.89. The number of benzene rings is 1. The van der Waals surface area contributed by atoms with E-state index < -0.39 is 10.0 Å². The molecule has 1 aliphatic carbocycles. The fraction of sp³-hybridized carbons (Fsp3) is 0.500. The predicted molar refractivity (Wildman–Crippen MR) is 140 cm³/mol. The number of pyridine rings is 1. The summed E-state index contributed by atoms with van der Waals surface area (Å²) in [5.74, 6) is 0.364. The quantitative estimate of drug-likeness (QED) is 0.475. The van der Waals surface area contributed by atoms with Crippen molar-refractivity contribution in [3.8, 4) is 17.1 Å². The number of nitrogens with zero attached hydrogens (tertiary/aromatic N) is 5. The lowest BCUT2D eigenvalue weighted by Gasteiger charge is -2.35. The Labute approximate surface area is 212 Å². The number of aromatic nitrogens is 3. The molecule has 1 saturated heterocycles. The molecule has 5 rings (SSSR count). The molecule has 1 saturated carbocycles. The van der Waals surface area contributed by atoms with Crippen LogP contribution in [0.4, 0.5) is 5.69 Å². The maximum atomic E-state index is 13.2. The van der Waals surface area contributed by atoms with Gasteiger partial charge in [-0.3, -0.25) is 4.98 Å². The van der Waals surface area contributed by atoms with Gasteiger partial charge in [0.15, 0.2) is 5.52 Å². The van der Waals surface area contributed by atoms with E-state index in [1.54, 1.807) is 16.7 Å². The zero-order valence-electron chi connectivity index (χ0n) is 20.8. The number of anilines is 1. The Hall–Kier alpha value is -2.82. The highest BCUT2D eigenvalue weighted by Crippen LogP contribution is 2.29. The summed E-state index contributed by atoms with van der Waals surface area (Å²) >= 11 is 0. The Morgan fingerprint density at radius 2 is 1.83 bits per heavy atom. The summed E-state index contributed by atoms with van der Waals surface area (Å²) in [5, 5.41) is -0.276. The van der Waals surface area contributed by atoms with E-state index in [9.17, 15) is 8.42 Å². The van der Waals surface area contributed by atoms with Gasteiger partial charge in [-0.15, -0.1) is 0 Å². The highest BCUT2D eigenvalue weighted by Gasteiger charge is 2.36. The molecule has 36 heavy (non-hydrogen) atoms. The van der Waals surface area contributed by atoms with Crippen LogP contribution >= 0.6 is 0 Å². The van der Waals surface area contributed by atoms with E-state index >= 15 is 0 Å². The number of hydrogen-bond donors (Lipinski definition) is 0. The van der Waals surface area contributed by atoms with Crippen LogP contribution in [-0.2, 0) is 14.8 Å². The second-order valence-electron chi connectivity index (χ2n) is 9.64. The molecular weight excluding hydrogens is 478 g/mol. The number of hydrogen-bond acceptors (Lipinski definition) is 8. The molecule has 3 heterocycles. The average molecular weight is 512 g/mol. The molecule has 192 valence electrons. The summed E-state index contributed by atoms with van der Waals surface area (Å²) in [6, 6.07) is 10.0. The van der Waals surface area contributed by atoms with Gasteiger partial charge in [0.1, 0.15) is 12.7 Å². The van der Waals surface area contributed by atoms with Crippen LogP contribution in [0.5, 0.6) is 5.88 Å². The average Bonchev–Trinajstić information content (AvgIpc) is 2.92. The summed E-state index contributed by atoms with van der Waals surface area (Å²) in [7, 11) is 0.668. The van der Waals surface area contributed by atoms with Crippen LogP contribution in [-0.4, -0.2) is 79.4 Å². The van der Waals surface area contributed by atoms with Crippen molar-refractivity contribution in [3.05, 3.63) is 42.7 Å². The maximum Gasteiger partial charge on any atom is 0.242 e. The molecule has 0 bridgehead atoms. The van der Waals surface area contributed by atoms with Gasteiger partial charge in [0, 0.05) is 50.8 Å². The number of morpholine rings is 1. The Bertz CT molecular complexity index is 1290. The monoisotopic (exact) mass is 511 g/mol. The Morgan fingerprint density at radius 1 is 1.08 bits per heavy atom. The van der Waals surface area contributed by atoms with Crippen molar-refractivity contribution in [3.63, 3.8) is 0 Å². The number of ether oxygens (including phenoxy) is 2. The zero-order valence-corrected chi connectivity index (χ0v) is 21.7. The van der Waals surface area contributed by atoms with Crippen molar-refractivity contribution >= 4 is 26.7 Å². The van der Waals surface area contributed by atoms with Crippen LogP contribution in [0.3, 0.4) is 0 Å². The molecule has 1 aliphatic heterocycles. The lowest BCUT2D eigenvalue weighted by atomic mass is 10.0. The van der Waals surface area contributed by atoms with Crippen LogP contribution in [0.15, 0.2) is 42.7 Å². The molecule has 10 heteroatoms. The normalized spacial score (nSPS) is 19.9. The first-order valence-electron chi connectivity index (χ1n) is 12.5. The number of sulfonamides is 1. The van der Waals surface area contributed by atoms with E-state index in [-0.39, 0.29) is 24.5 Å². The van der Waals surface area contributed by atoms with Crippen molar-refractivity contribution in [2.24, 2.45) is 0 Å². The molecule has 9 nitrogen and oxygen atoms in total. The third kappa shape index (κ3) is 5.30. The number of rotatable bonds is 7. The molecule has 0 spiro atoms. The van der Waals surface area contributed by atoms with Crippen molar-refractivity contribution in [1.82, 2.24) is 19.3 Å². The predicted octanol–water partition coefficient (Wildman–Crippen LogP) is 3.50. The van der Waals surface area contributed by atoms with Crippen molar-refractivity contribution in [2.75, 3.05) is 45.3 Å². The lowest BCUT2D eigenvalue weighted by Crippen LogP contribution is -2.50. The summed E-state index contributed by atoms with van der Waals surface area (Å²) < 4.78 is 40.0. The Morgan fingerprint density at radius 3 is 2.58 bits per heavy atom. The molecule has 3 aromatic rings. The highest BCUT2D eigenvalue weighted by atomic mass is 32.2. The summed E-state index contributed by atoms with van der Waals surface area (Å²) in [5.41, 5.74) is 4.01. The van der Waals surface area contributed by atoms with Crippen molar-refractivity contribution in [1.29, 1.82) is 0 Å². The molecule has 0 N–H and O–H groups in total. The number of fused-ring (bicyclic) bond motifs is 1. The first kappa shape index (κ1) is 24.9. The van der Waals surface area contributed by atoms with E-state index in [0.717, 1.165) is 49.0 Å². The van der Waals surface area contributed by atoms with E-state index in [1.807, 2.05) is 49.3 Å². The van der Waals surface area contributed by atoms with Gasteiger partial charge in [0.25, 0.3) is 0 Å². The molecule has 0 amide bonds. The van der Waals surface area contributed by atoms with Gasteiger partial charge in [0.2, 0.25) is 15.9 Å². The standard InChI is InChI=1S/C26H33N5O4S/c1-30(2)20-10-8-19(9-11-20)23-16-24-25(28-13-12-27-24)26(29-23)35-18-21-17-31(14-15-34-21)36(32,33)22-6-4-3-5-7-22/h8-13,16,21-22H,3-7,14-15,17-18H2,1-2H3. The van der Waals surface area contributed by atoms with E-state index in [4.69, 9.17) is 14.5 Å². The Kier molecular flexibility index (Phi) is 7.36. The van der Waals surface area contributed by atoms with Gasteiger partial charge in [-0.05, 0) is 31.0 Å². The van der Waals surface area contributed by atoms with Crippen LogP contribution in [0, 0.1) is 0 Å². The van der Waals surface area contributed by atoms with Gasteiger partial charge in [-0.25, -0.2) is 18.4 Å². The summed E-state index contributed by atoms with van der Waals surface area (Å²) in [6.07, 6.45) is 7.45. The second-order valence-corrected chi connectivity index (χ2v) is 11.9. The molecule has 1 aromatic carbocycles. The van der Waals surface area contributed by atoms with Crippen molar-refractivity contribution in [2.45, 2.75) is 43.5 Å². The molecule has 2 fully saturated rings. The van der Waals surface area contributed by atoms with Crippen molar-refractivity contribution < 1.29 is 17.9 Å². The first-order valence-corrected chi connectivity index (χ1v) is 14.0. The van der Waals surface area contributed by atoms with Gasteiger partial charge in [-0.1, -0.05) is 31.4 Å². The maximum absolute atomic E-state index is 13.2. The van der Waals surface area contributed by atoms with Gasteiger partial charge in [0.05, 0.1) is 23.1 Å². The smallest absolute Gasteiger partial charge is 0.242 e. The van der Waals surface area contributed by atoms with E-state index in [0.29, 0.717) is 30.1 Å². The molecule has 1 atom stereocenters. The Balaban J connectivity index is 1.33. The van der Waals surface area contributed by atoms with Crippen LogP contribution in [0.2, 0.25) is 0 Å². The fourth-order valence-electron chi connectivity index (χ4n) is 4.89. The second kappa shape index (κ2) is 10.7. The fourth-order valence-corrected chi connectivity index (χ4v) is 6.95. The van der Waals surface area contributed by atoms with E-state index in [1.165, 1.54) is 0 Å². The summed E-state index contributed by atoms with van der Waals surface area (Å²) in [4.78, 5) is 15.7. The molecule has 0 radical (unpaired) electrons.